The molecule has 0 unspecified atom stereocenters. The van der Waals surface area contributed by atoms with E-state index in [0.29, 0.717) is 23.1 Å². The topological polar surface area (TPSA) is 71.1 Å². The van der Waals surface area contributed by atoms with E-state index in [2.05, 4.69) is 15.0 Å². The van der Waals surface area contributed by atoms with Crippen molar-refractivity contribution in [1.82, 2.24) is 9.71 Å². The summed E-state index contributed by atoms with van der Waals surface area (Å²) in [6, 6.07) is 9.84. The third kappa shape index (κ3) is 3.55. The van der Waals surface area contributed by atoms with E-state index in [9.17, 15) is 12.8 Å². The molecule has 3 aromatic rings. The zero-order valence-corrected chi connectivity index (χ0v) is 14.5. The lowest BCUT2D eigenvalue weighted by Gasteiger charge is -2.11. The fourth-order valence-electron chi connectivity index (χ4n) is 2.36. The van der Waals surface area contributed by atoms with Gasteiger partial charge in [-0.3, -0.25) is 0 Å². The van der Waals surface area contributed by atoms with Crippen LogP contribution in [0.15, 0.2) is 46.0 Å². The molecule has 0 atom stereocenters. The summed E-state index contributed by atoms with van der Waals surface area (Å²) < 4.78 is 40.7. The molecule has 24 heavy (non-hydrogen) atoms. The van der Waals surface area contributed by atoms with E-state index < -0.39 is 10.0 Å². The second-order valence-electron chi connectivity index (χ2n) is 5.20. The van der Waals surface area contributed by atoms with Gasteiger partial charge in [0.1, 0.15) is 15.5 Å². The molecule has 2 heterocycles. The number of benzene rings is 1. The van der Waals surface area contributed by atoms with Gasteiger partial charge >= 0.3 is 0 Å². The van der Waals surface area contributed by atoms with Gasteiger partial charge in [0.2, 0.25) is 10.0 Å². The molecule has 0 saturated carbocycles. The Hall–Kier alpha value is -2.03. The number of aryl methyl sites for hydroxylation is 1. The van der Waals surface area contributed by atoms with Crippen molar-refractivity contribution in [3.8, 4) is 0 Å². The van der Waals surface area contributed by atoms with Crippen LogP contribution in [0.1, 0.15) is 5.69 Å². The third-order valence-electron chi connectivity index (χ3n) is 3.41. The molecular weight excluding hydrogens is 349 g/mol. The number of thiophene rings is 1. The van der Waals surface area contributed by atoms with Crippen molar-refractivity contribution in [2.24, 2.45) is 0 Å². The standard InChI is InChI=1S/C16H16FN3O2S2/c1-11-10-14(12-4-2-5-13(17)16(12)20-11)18-7-8-19-24(21,22)15-6-3-9-23-15/h2-6,9-10,19H,7-8H2,1H3,(H,18,20). The molecule has 2 N–H and O–H groups in total. The number of hydrogen-bond acceptors (Lipinski definition) is 5. The van der Waals surface area contributed by atoms with E-state index in [1.54, 1.807) is 36.6 Å². The van der Waals surface area contributed by atoms with Crippen LogP contribution in [-0.2, 0) is 10.0 Å². The number of pyridine rings is 1. The minimum Gasteiger partial charge on any atom is -0.383 e. The summed E-state index contributed by atoms with van der Waals surface area (Å²) >= 11 is 1.17. The first kappa shape index (κ1) is 16.8. The molecule has 0 amide bonds. The number of anilines is 1. The van der Waals surface area contributed by atoms with Gasteiger partial charge in [-0.15, -0.1) is 11.3 Å². The van der Waals surface area contributed by atoms with Crippen molar-refractivity contribution >= 4 is 38.0 Å². The van der Waals surface area contributed by atoms with E-state index in [1.165, 1.54) is 17.4 Å². The highest BCUT2D eigenvalue weighted by Gasteiger charge is 2.14. The summed E-state index contributed by atoms with van der Waals surface area (Å²) in [5, 5.41) is 5.53. The number of para-hydroxylation sites is 1. The molecule has 0 aliphatic carbocycles. The number of aromatic nitrogens is 1. The van der Waals surface area contributed by atoms with Crippen LogP contribution in [0.2, 0.25) is 0 Å². The van der Waals surface area contributed by atoms with Crippen LogP contribution >= 0.6 is 11.3 Å². The first-order valence-electron chi connectivity index (χ1n) is 7.30. The van der Waals surface area contributed by atoms with Gasteiger partial charge in [0.15, 0.2) is 0 Å². The van der Waals surface area contributed by atoms with Gasteiger partial charge in [0.25, 0.3) is 0 Å². The molecular formula is C16H16FN3O2S2. The lowest BCUT2D eigenvalue weighted by atomic mass is 10.1. The predicted molar refractivity (Wildman–Crippen MR) is 94.4 cm³/mol. The monoisotopic (exact) mass is 365 g/mol. The summed E-state index contributed by atoms with van der Waals surface area (Å²) in [7, 11) is -3.47. The molecule has 8 heteroatoms. The van der Waals surface area contributed by atoms with E-state index in [0.717, 1.165) is 5.69 Å². The van der Waals surface area contributed by atoms with Crippen LogP contribution in [0.3, 0.4) is 0 Å². The Morgan fingerprint density at radius 1 is 1.21 bits per heavy atom. The average Bonchev–Trinajstić information content (AvgIpc) is 3.08. The Bertz CT molecular complexity index is 957. The lowest BCUT2D eigenvalue weighted by molar-refractivity contribution is 0.585. The van der Waals surface area contributed by atoms with Gasteiger partial charge in [-0.2, -0.15) is 0 Å². The van der Waals surface area contributed by atoms with Crippen molar-refractivity contribution in [3.05, 3.63) is 53.3 Å². The Balaban J connectivity index is 1.70. The molecule has 1 aromatic carbocycles. The molecule has 0 aliphatic heterocycles. The van der Waals surface area contributed by atoms with Crippen molar-refractivity contribution in [3.63, 3.8) is 0 Å². The van der Waals surface area contributed by atoms with Gasteiger partial charge in [0.05, 0.1) is 0 Å². The van der Waals surface area contributed by atoms with Crippen LogP contribution in [-0.4, -0.2) is 26.5 Å². The van der Waals surface area contributed by atoms with Gasteiger partial charge in [0, 0.05) is 29.9 Å². The summed E-state index contributed by atoms with van der Waals surface area (Å²) in [6.45, 7) is 2.38. The smallest absolute Gasteiger partial charge is 0.250 e. The van der Waals surface area contributed by atoms with E-state index >= 15 is 0 Å². The van der Waals surface area contributed by atoms with Gasteiger partial charge in [-0.05, 0) is 30.5 Å². The van der Waals surface area contributed by atoms with E-state index in [4.69, 9.17) is 0 Å². The molecule has 126 valence electrons. The highest BCUT2D eigenvalue weighted by Crippen LogP contribution is 2.24. The Morgan fingerprint density at radius 3 is 2.79 bits per heavy atom. The molecule has 0 spiro atoms. The predicted octanol–water partition coefficient (Wildman–Crippen LogP) is 3.13. The van der Waals surface area contributed by atoms with Gasteiger partial charge in [-0.25, -0.2) is 22.5 Å². The second-order valence-corrected chi connectivity index (χ2v) is 8.15. The Labute approximate surface area is 143 Å². The zero-order chi connectivity index (χ0) is 17.2. The number of hydrogen-bond donors (Lipinski definition) is 2. The van der Waals surface area contributed by atoms with Gasteiger partial charge in [-0.1, -0.05) is 18.2 Å². The Kier molecular flexibility index (Phi) is 4.79. The maximum atomic E-state index is 13.9. The van der Waals surface area contributed by atoms with E-state index in [-0.39, 0.29) is 16.6 Å². The SMILES string of the molecule is Cc1cc(NCCNS(=O)(=O)c2cccs2)c2cccc(F)c2n1. The van der Waals surface area contributed by atoms with Crippen molar-refractivity contribution in [2.75, 3.05) is 18.4 Å². The van der Waals surface area contributed by atoms with Crippen LogP contribution in [0.5, 0.6) is 0 Å². The number of rotatable bonds is 6. The van der Waals surface area contributed by atoms with Crippen molar-refractivity contribution in [2.45, 2.75) is 11.1 Å². The Morgan fingerprint density at radius 2 is 2.04 bits per heavy atom. The largest absolute Gasteiger partial charge is 0.383 e. The number of halogens is 1. The number of nitrogens with zero attached hydrogens (tertiary/aromatic N) is 1. The quantitative estimate of drug-likeness (QED) is 0.659. The molecule has 0 radical (unpaired) electrons. The highest BCUT2D eigenvalue weighted by atomic mass is 32.2. The maximum Gasteiger partial charge on any atom is 0.250 e. The van der Waals surface area contributed by atoms with Crippen molar-refractivity contribution < 1.29 is 12.8 Å². The van der Waals surface area contributed by atoms with Crippen LogP contribution in [0, 0.1) is 12.7 Å². The maximum absolute atomic E-state index is 13.9. The second kappa shape index (κ2) is 6.84. The van der Waals surface area contributed by atoms with Gasteiger partial charge < -0.3 is 5.32 Å². The summed E-state index contributed by atoms with van der Waals surface area (Å²) in [6.07, 6.45) is 0. The van der Waals surface area contributed by atoms with Crippen LogP contribution in [0.25, 0.3) is 10.9 Å². The average molecular weight is 365 g/mol. The van der Waals surface area contributed by atoms with Crippen LogP contribution in [0.4, 0.5) is 10.1 Å². The fraction of sp³-hybridized carbons (Fsp3) is 0.188. The summed E-state index contributed by atoms with van der Waals surface area (Å²) in [5.41, 5.74) is 1.72. The minimum atomic E-state index is -3.47. The minimum absolute atomic E-state index is 0.221. The number of nitrogens with one attached hydrogen (secondary N) is 2. The zero-order valence-electron chi connectivity index (χ0n) is 12.9. The molecule has 3 rings (SSSR count). The summed E-state index contributed by atoms with van der Waals surface area (Å²) in [4.78, 5) is 4.21. The number of fused-ring (bicyclic) bond motifs is 1. The first-order valence-corrected chi connectivity index (χ1v) is 9.66. The molecule has 0 saturated heterocycles. The fourth-order valence-corrected chi connectivity index (χ4v) is 4.43. The molecule has 2 aromatic heterocycles. The van der Waals surface area contributed by atoms with Crippen LogP contribution < -0.4 is 10.0 Å². The molecule has 5 nitrogen and oxygen atoms in total. The van der Waals surface area contributed by atoms with E-state index in [1.807, 2.05) is 6.07 Å². The normalized spacial score (nSPS) is 11.8. The number of sulfonamides is 1. The lowest BCUT2D eigenvalue weighted by Crippen LogP contribution is -2.28. The molecule has 0 bridgehead atoms. The first-order chi connectivity index (χ1) is 11.5. The van der Waals surface area contributed by atoms with Crippen molar-refractivity contribution in [1.29, 1.82) is 0 Å². The highest BCUT2D eigenvalue weighted by molar-refractivity contribution is 7.91. The third-order valence-corrected chi connectivity index (χ3v) is 6.27. The molecule has 0 fully saturated rings. The summed E-state index contributed by atoms with van der Waals surface area (Å²) in [5.74, 6) is -0.377. The molecule has 0 aliphatic rings.